The van der Waals surface area contributed by atoms with Crippen molar-refractivity contribution in [2.75, 3.05) is 32.8 Å². The Hall–Kier alpha value is -2.75. The van der Waals surface area contributed by atoms with Crippen molar-refractivity contribution in [2.45, 2.75) is 57.0 Å². The Labute approximate surface area is 180 Å². The normalized spacial score (nSPS) is 22.0. The van der Waals surface area contributed by atoms with Gasteiger partial charge in [0.25, 0.3) is 11.8 Å². The molecule has 1 N–H and O–H groups in total. The molecule has 2 aliphatic heterocycles. The number of amides is 2. The van der Waals surface area contributed by atoms with E-state index in [4.69, 9.17) is 4.74 Å². The predicted octanol–water partition coefficient (Wildman–Crippen LogP) is 1.44. The number of morpholine rings is 1. The summed E-state index contributed by atoms with van der Waals surface area (Å²) in [4.78, 5) is 29.4. The van der Waals surface area contributed by atoms with Crippen LogP contribution in [0, 0.1) is 0 Å². The molecule has 2 aromatic heterocycles. The van der Waals surface area contributed by atoms with E-state index < -0.39 is 0 Å². The number of nitrogens with one attached hydrogen (secondary N) is 1. The monoisotopic (exact) mass is 427 g/mol. The van der Waals surface area contributed by atoms with Crippen LogP contribution in [0.5, 0.6) is 0 Å². The van der Waals surface area contributed by atoms with Crippen LogP contribution in [-0.2, 0) is 11.3 Å². The Morgan fingerprint density at radius 2 is 1.90 bits per heavy atom. The number of aromatic nitrogens is 5. The average Bonchev–Trinajstić information content (AvgIpc) is 3.35. The molecule has 1 unspecified atom stereocenters. The minimum Gasteiger partial charge on any atom is -0.378 e. The Morgan fingerprint density at radius 1 is 1.06 bits per heavy atom. The predicted molar refractivity (Wildman–Crippen MR) is 111 cm³/mol. The van der Waals surface area contributed by atoms with Crippen LogP contribution in [-0.4, -0.2) is 85.7 Å². The number of carbonyl (C=O) groups excluding carboxylic acids is 2. The molecule has 3 fully saturated rings. The molecule has 2 amide bonds. The molecule has 3 aliphatic rings. The maximum Gasteiger partial charge on any atom is 0.276 e. The van der Waals surface area contributed by atoms with E-state index in [0.29, 0.717) is 50.2 Å². The second-order valence-corrected chi connectivity index (χ2v) is 8.69. The number of H-pyrrole nitrogens is 1. The fourth-order valence-electron chi connectivity index (χ4n) is 4.48. The lowest BCUT2D eigenvalue weighted by Gasteiger charge is -2.35. The van der Waals surface area contributed by atoms with Gasteiger partial charge in [0.1, 0.15) is 5.69 Å². The van der Waals surface area contributed by atoms with E-state index >= 15 is 0 Å². The van der Waals surface area contributed by atoms with Crippen molar-refractivity contribution in [1.82, 2.24) is 35.0 Å². The van der Waals surface area contributed by atoms with E-state index in [1.54, 1.807) is 15.8 Å². The number of aromatic amines is 1. The van der Waals surface area contributed by atoms with Crippen LogP contribution in [0.1, 0.15) is 71.1 Å². The van der Waals surface area contributed by atoms with Gasteiger partial charge in [-0.05, 0) is 44.6 Å². The quantitative estimate of drug-likeness (QED) is 0.747. The lowest BCUT2D eigenvalue weighted by atomic mass is 9.98. The van der Waals surface area contributed by atoms with Gasteiger partial charge in [-0.3, -0.25) is 19.4 Å². The summed E-state index contributed by atoms with van der Waals surface area (Å²) < 4.78 is 7.01. The Kier molecular flexibility index (Phi) is 5.71. The number of rotatable bonds is 6. The maximum atomic E-state index is 13.1. The number of nitrogens with zero attached hydrogens (tertiary/aromatic N) is 6. The van der Waals surface area contributed by atoms with Crippen LogP contribution in [0.4, 0.5) is 0 Å². The summed E-state index contributed by atoms with van der Waals surface area (Å²) in [6.45, 7) is 3.66. The number of carbonyl (C=O) groups is 2. The highest BCUT2D eigenvalue weighted by molar-refractivity contribution is 5.93. The summed E-state index contributed by atoms with van der Waals surface area (Å²) in [5.74, 6) is 0.455. The Morgan fingerprint density at radius 3 is 2.71 bits per heavy atom. The topological polar surface area (TPSA) is 109 Å². The van der Waals surface area contributed by atoms with Crippen LogP contribution >= 0.6 is 0 Å². The summed E-state index contributed by atoms with van der Waals surface area (Å²) in [5, 5.41) is 15.5. The fraction of sp³-hybridized carbons (Fsp3) is 0.667. The molecule has 1 saturated carbocycles. The van der Waals surface area contributed by atoms with Gasteiger partial charge in [-0.2, -0.15) is 5.10 Å². The molecular weight excluding hydrogens is 398 g/mol. The van der Waals surface area contributed by atoms with Gasteiger partial charge in [0.2, 0.25) is 0 Å². The lowest BCUT2D eigenvalue weighted by molar-refractivity contribution is 0.0299. The smallest absolute Gasteiger partial charge is 0.276 e. The molecular formula is C21H29N7O3. The van der Waals surface area contributed by atoms with Crippen molar-refractivity contribution < 1.29 is 14.3 Å². The Balaban J connectivity index is 1.20. The summed E-state index contributed by atoms with van der Waals surface area (Å²) in [7, 11) is 0. The second-order valence-electron chi connectivity index (χ2n) is 8.69. The van der Waals surface area contributed by atoms with E-state index in [2.05, 4.69) is 20.5 Å². The molecule has 0 spiro atoms. The van der Waals surface area contributed by atoms with Crippen LogP contribution in [0.2, 0.25) is 0 Å². The van der Waals surface area contributed by atoms with Crippen molar-refractivity contribution in [2.24, 2.45) is 0 Å². The molecule has 2 aromatic rings. The third-order valence-corrected chi connectivity index (χ3v) is 6.47. The van der Waals surface area contributed by atoms with Crippen LogP contribution in [0.25, 0.3) is 0 Å². The van der Waals surface area contributed by atoms with Crippen molar-refractivity contribution in [1.29, 1.82) is 0 Å². The van der Waals surface area contributed by atoms with E-state index in [1.165, 1.54) is 12.8 Å². The maximum absolute atomic E-state index is 13.1. The zero-order chi connectivity index (χ0) is 21.2. The molecule has 4 heterocycles. The summed E-state index contributed by atoms with van der Waals surface area (Å²) in [6, 6.07) is 2.07. The molecule has 0 aromatic carbocycles. The molecule has 2 saturated heterocycles. The number of piperidine rings is 1. The zero-order valence-electron chi connectivity index (χ0n) is 17.7. The van der Waals surface area contributed by atoms with Gasteiger partial charge >= 0.3 is 0 Å². The van der Waals surface area contributed by atoms with Crippen molar-refractivity contribution >= 4 is 11.8 Å². The van der Waals surface area contributed by atoms with Crippen LogP contribution in [0.15, 0.2) is 12.3 Å². The summed E-state index contributed by atoms with van der Waals surface area (Å²) >= 11 is 0. The van der Waals surface area contributed by atoms with E-state index in [9.17, 15) is 9.59 Å². The van der Waals surface area contributed by atoms with Crippen molar-refractivity contribution in [3.63, 3.8) is 0 Å². The average molecular weight is 428 g/mol. The van der Waals surface area contributed by atoms with Gasteiger partial charge in [-0.25, -0.2) is 0 Å². The second kappa shape index (κ2) is 8.78. The van der Waals surface area contributed by atoms with E-state index in [1.807, 2.05) is 11.0 Å². The zero-order valence-corrected chi connectivity index (χ0v) is 17.7. The molecule has 166 valence electrons. The first kappa shape index (κ1) is 20.2. The fourth-order valence-corrected chi connectivity index (χ4v) is 4.48. The number of ether oxygens (including phenoxy) is 1. The molecule has 5 rings (SSSR count). The SMILES string of the molecule is O=C(c1cn(CCC2CCCCN2C(=O)c2cc(C3CC3)[nH]n2)nn1)N1CCOCC1. The van der Waals surface area contributed by atoms with Gasteiger partial charge in [0.15, 0.2) is 5.69 Å². The first-order valence-corrected chi connectivity index (χ1v) is 11.3. The number of hydrogen-bond acceptors (Lipinski definition) is 6. The van der Waals surface area contributed by atoms with Crippen molar-refractivity contribution in [3.05, 3.63) is 29.3 Å². The van der Waals surface area contributed by atoms with Crippen LogP contribution in [0.3, 0.4) is 0 Å². The molecule has 10 heteroatoms. The molecule has 0 bridgehead atoms. The molecule has 10 nitrogen and oxygen atoms in total. The Bertz CT molecular complexity index is 929. The largest absolute Gasteiger partial charge is 0.378 e. The third-order valence-electron chi connectivity index (χ3n) is 6.47. The third kappa shape index (κ3) is 4.48. The van der Waals surface area contributed by atoms with Gasteiger partial charge in [-0.15, -0.1) is 5.10 Å². The van der Waals surface area contributed by atoms with E-state index in [-0.39, 0.29) is 17.9 Å². The first-order valence-electron chi connectivity index (χ1n) is 11.3. The highest BCUT2D eigenvalue weighted by Gasteiger charge is 2.31. The molecule has 0 radical (unpaired) electrons. The van der Waals surface area contributed by atoms with Gasteiger partial charge < -0.3 is 14.5 Å². The van der Waals surface area contributed by atoms with Crippen LogP contribution < -0.4 is 0 Å². The number of likely N-dealkylation sites (tertiary alicyclic amines) is 1. The van der Waals surface area contributed by atoms with E-state index in [0.717, 1.165) is 37.9 Å². The molecule has 1 atom stereocenters. The van der Waals surface area contributed by atoms with Gasteiger partial charge in [0, 0.05) is 43.8 Å². The molecule has 31 heavy (non-hydrogen) atoms. The minimum absolute atomic E-state index is 0.00891. The standard InChI is InChI=1S/C21H29N7O3/c29-20(26-9-11-31-12-10-26)19-14-27(25-24-19)8-6-16-3-1-2-7-28(16)21(30)18-13-17(22-23-18)15-4-5-15/h13-16H,1-12H2,(H,22,23). The van der Waals surface area contributed by atoms with Gasteiger partial charge in [0.05, 0.1) is 19.4 Å². The molecule has 1 aliphatic carbocycles. The van der Waals surface area contributed by atoms with Crippen molar-refractivity contribution in [3.8, 4) is 0 Å². The number of aryl methyl sites for hydroxylation is 1. The summed E-state index contributed by atoms with van der Waals surface area (Å²) in [5.41, 5.74) is 1.97. The van der Waals surface area contributed by atoms with Gasteiger partial charge in [-0.1, -0.05) is 5.21 Å². The lowest BCUT2D eigenvalue weighted by Crippen LogP contribution is -2.44. The highest BCUT2D eigenvalue weighted by atomic mass is 16.5. The first-order chi connectivity index (χ1) is 15.2. The number of hydrogen-bond donors (Lipinski definition) is 1. The highest BCUT2D eigenvalue weighted by Crippen LogP contribution is 2.39. The summed E-state index contributed by atoms with van der Waals surface area (Å²) in [6.07, 6.45) is 7.94. The minimum atomic E-state index is -0.103.